The highest BCUT2D eigenvalue weighted by atomic mass is 79.9. The van der Waals surface area contributed by atoms with E-state index in [0.29, 0.717) is 9.73 Å². The minimum atomic E-state index is -0.981. The van der Waals surface area contributed by atoms with Crippen molar-refractivity contribution in [3.63, 3.8) is 0 Å². The Bertz CT molecular complexity index is 455. The van der Waals surface area contributed by atoms with E-state index >= 15 is 0 Å². The SMILES string of the molecule is CC(C)(C)C(OC(N)=O)C(=O)Nc1nc(Br)cs1. The number of nitrogens with one attached hydrogen (secondary N) is 1. The van der Waals surface area contributed by atoms with Gasteiger partial charge in [-0.15, -0.1) is 11.3 Å². The average molecular weight is 336 g/mol. The summed E-state index contributed by atoms with van der Waals surface area (Å²) < 4.78 is 5.48. The van der Waals surface area contributed by atoms with Crippen LogP contribution >= 0.6 is 27.3 Å². The number of halogens is 1. The largest absolute Gasteiger partial charge is 0.436 e. The molecule has 0 fully saturated rings. The zero-order valence-electron chi connectivity index (χ0n) is 10.2. The van der Waals surface area contributed by atoms with Gasteiger partial charge in [0.1, 0.15) is 4.60 Å². The smallest absolute Gasteiger partial charge is 0.405 e. The Morgan fingerprint density at radius 3 is 2.56 bits per heavy atom. The lowest BCUT2D eigenvalue weighted by Crippen LogP contribution is -2.43. The number of thiazole rings is 1. The van der Waals surface area contributed by atoms with Crippen molar-refractivity contribution in [1.82, 2.24) is 4.98 Å². The van der Waals surface area contributed by atoms with Crippen LogP contribution in [0.3, 0.4) is 0 Å². The average Bonchev–Trinajstić information content (AvgIpc) is 2.58. The number of aromatic nitrogens is 1. The van der Waals surface area contributed by atoms with Gasteiger partial charge >= 0.3 is 6.09 Å². The van der Waals surface area contributed by atoms with Crippen molar-refractivity contribution >= 4 is 44.4 Å². The maximum Gasteiger partial charge on any atom is 0.405 e. The molecule has 100 valence electrons. The van der Waals surface area contributed by atoms with Crippen LogP contribution in [0.4, 0.5) is 9.93 Å². The molecule has 18 heavy (non-hydrogen) atoms. The monoisotopic (exact) mass is 335 g/mol. The van der Waals surface area contributed by atoms with E-state index in [1.807, 2.05) is 0 Å². The van der Waals surface area contributed by atoms with E-state index in [2.05, 4.69) is 26.2 Å². The summed E-state index contributed by atoms with van der Waals surface area (Å²) in [6, 6.07) is 0. The molecule has 1 aromatic rings. The fraction of sp³-hybridized carbons (Fsp3) is 0.500. The highest BCUT2D eigenvalue weighted by Crippen LogP contribution is 2.25. The molecular formula is C10H14BrN3O3S. The van der Waals surface area contributed by atoms with E-state index in [0.717, 1.165) is 0 Å². The summed E-state index contributed by atoms with van der Waals surface area (Å²) in [4.78, 5) is 26.9. The van der Waals surface area contributed by atoms with Crippen molar-refractivity contribution in [2.75, 3.05) is 5.32 Å². The normalized spacial score (nSPS) is 12.9. The molecule has 1 atom stereocenters. The van der Waals surface area contributed by atoms with E-state index in [-0.39, 0.29) is 0 Å². The number of amides is 2. The number of rotatable bonds is 3. The van der Waals surface area contributed by atoms with Crippen LogP contribution in [0, 0.1) is 5.41 Å². The van der Waals surface area contributed by atoms with Crippen LogP contribution in [0.25, 0.3) is 0 Å². The van der Waals surface area contributed by atoms with Gasteiger partial charge in [-0.05, 0) is 15.9 Å². The van der Waals surface area contributed by atoms with Crippen LogP contribution in [-0.2, 0) is 9.53 Å². The molecule has 0 saturated heterocycles. The molecule has 0 aliphatic carbocycles. The molecule has 1 heterocycles. The van der Waals surface area contributed by atoms with Crippen molar-refractivity contribution in [2.24, 2.45) is 11.1 Å². The lowest BCUT2D eigenvalue weighted by molar-refractivity contribution is -0.129. The first-order chi connectivity index (χ1) is 8.20. The first-order valence-electron chi connectivity index (χ1n) is 5.08. The molecule has 0 bridgehead atoms. The highest BCUT2D eigenvalue weighted by molar-refractivity contribution is 9.10. The number of primary amides is 1. The third-order valence-corrected chi connectivity index (χ3v) is 3.43. The Morgan fingerprint density at radius 1 is 1.56 bits per heavy atom. The van der Waals surface area contributed by atoms with Crippen molar-refractivity contribution in [2.45, 2.75) is 26.9 Å². The van der Waals surface area contributed by atoms with Gasteiger partial charge in [-0.25, -0.2) is 9.78 Å². The van der Waals surface area contributed by atoms with Crippen LogP contribution in [0.5, 0.6) is 0 Å². The standard InChI is InChI=1S/C10H14BrN3O3S/c1-10(2,3)6(17-8(12)16)7(15)14-9-13-5(11)4-18-9/h4,6H,1-3H3,(H2,12,16)(H,13,14,15). The molecule has 0 aromatic carbocycles. The van der Waals surface area contributed by atoms with Gasteiger partial charge < -0.3 is 10.5 Å². The van der Waals surface area contributed by atoms with E-state index in [9.17, 15) is 9.59 Å². The number of ether oxygens (including phenoxy) is 1. The van der Waals surface area contributed by atoms with Crippen LogP contribution in [-0.4, -0.2) is 23.1 Å². The number of anilines is 1. The number of carbonyl (C=O) groups excluding carboxylic acids is 2. The molecule has 3 N–H and O–H groups in total. The van der Waals surface area contributed by atoms with Gasteiger partial charge in [0.25, 0.3) is 5.91 Å². The van der Waals surface area contributed by atoms with E-state index < -0.39 is 23.5 Å². The fourth-order valence-corrected chi connectivity index (χ4v) is 2.37. The predicted molar refractivity (Wildman–Crippen MR) is 72.4 cm³/mol. The minimum absolute atomic E-state index is 0.425. The van der Waals surface area contributed by atoms with Crippen molar-refractivity contribution in [3.8, 4) is 0 Å². The van der Waals surface area contributed by atoms with Gasteiger partial charge in [-0.3, -0.25) is 10.1 Å². The minimum Gasteiger partial charge on any atom is -0.436 e. The first kappa shape index (κ1) is 14.9. The summed E-state index contributed by atoms with van der Waals surface area (Å²) in [5.74, 6) is -0.455. The summed E-state index contributed by atoms with van der Waals surface area (Å²) in [7, 11) is 0. The molecule has 6 nitrogen and oxygen atoms in total. The number of hydrogen-bond donors (Lipinski definition) is 2. The van der Waals surface area contributed by atoms with Gasteiger partial charge in [-0.1, -0.05) is 20.8 Å². The van der Waals surface area contributed by atoms with E-state index in [1.165, 1.54) is 11.3 Å². The lowest BCUT2D eigenvalue weighted by atomic mass is 9.88. The third kappa shape index (κ3) is 4.26. The molecule has 8 heteroatoms. The summed E-state index contributed by atoms with van der Waals surface area (Å²) in [5, 5.41) is 4.74. The van der Waals surface area contributed by atoms with Gasteiger partial charge in [0.15, 0.2) is 11.2 Å². The maximum absolute atomic E-state index is 12.0. The Labute approximate surface area is 117 Å². The van der Waals surface area contributed by atoms with Crippen LogP contribution in [0.2, 0.25) is 0 Å². The van der Waals surface area contributed by atoms with Gasteiger partial charge in [0.05, 0.1) is 0 Å². The topological polar surface area (TPSA) is 94.3 Å². The Balaban J connectivity index is 2.80. The van der Waals surface area contributed by atoms with Gasteiger partial charge in [0.2, 0.25) is 0 Å². The highest BCUT2D eigenvalue weighted by Gasteiger charge is 2.35. The van der Waals surface area contributed by atoms with E-state index in [1.54, 1.807) is 26.2 Å². The maximum atomic E-state index is 12.0. The molecule has 0 spiro atoms. The molecule has 1 aromatic heterocycles. The molecular weight excluding hydrogens is 322 g/mol. The summed E-state index contributed by atoms with van der Waals surface area (Å²) >= 11 is 4.44. The molecule has 2 amide bonds. The second kappa shape index (κ2) is 5.66. The van der Waals surface area contributed by atoms with E-state index in [4.69, 9.17) is 10.5 Å². The molecule has 1 unspecified atom stereocenters. The number of hydrogen-bond acceptors (Lipinski definition) is 5. The molecule has 0 aliphatic rings. The van der Waals surface area contributed by atoms with Gasteiger partial charge in [-0.2, -0.15) is 0 Å². The summed E-state index contributed by atoms with van der Waals surface area (Å²) in [6.07, 6.45) is -1.96. The molecule has 1 rings (SSSR count). The predicted octanol–water partition coefficient (Wildman–Crippen LogP) is 2.35. The second-order valence-corrected chi connectivity index (χ2v) is 6.32. The van der Waals surface area contributed by atoms with Crippen LogP contribution in [0.1, 0.15) is 20.8 Å². The first-order valence-corrected chi connectivity index (χ1v) is 6.75. The zero-order chi connectivity index (χ0) is 13.9. The Kier molecular flexibility index (Phi) is 4.69. The summed E-state index contributed by atoms with van der Waals surface area (Å²) in [5.41, 5.74) is 4.40. The number of nitrogens with two attached hydrogens (primary N) is 1. The Morgan fingerprint density at radius 2 is 2.17 bits per heavy atom. The zero-order valence-corrected chi connectivity index (χ0v) is 12.6. The molecule has 0 saturated carbocycles. The molecule has 0 aliphatic heterocycles. The lowest BCUT2D eigenvalue weighted by Gasteiger charge is -2.27. The van der Waals surface area contributed by atoms with Crippen molar-refractivity contribution in [3.05, 3.63) is 9.98 Å². The van der Waals surface area contributed by atoms with Gasteiger partial charge in [0, 0.05) is 10.8 Å². The number of nitrogens with zero attached hydrogens (tertiary/aromatic N) is 1. The van der Waals surface area contributed by atoms with Crippen LogP contribution < -0.4 is 11.1 Å². The van der Waals surface area contributed by atoms with Crippen LogP contribution in [0.15, 0.2) is 9.98 Å². The quantitative estimate of drug-likeness (QED) is 0.886. The van der Waals surface area contributed by atoms with Crippen molar-refractivity contribution < 1.29 is 14.3 Å². The van der Waals surface area contributed by atoms with Crippen molar-refractivity contribution in [1.29, 1.82) is 0 Å². The second-order valence-electron chi connectivity index (χ2n) is 4.65. The number of carbonyl (C=O) groups is 2. The fourth-order valence-electron chi connectivity index (χ4n) is 1.22. The molecule has 0 radical (unpaired) electrons. The Hall–Kier alpha value is -1.15. The third-order valence-electron chi connectivity index (χ3n) is 1.96. The summed E-state index contributed by atoms with van der Waals surface area (Å²) in [6.45, 7) is 5.33.